The summed E-state index contributed by atoms with van der Waals surface area (Å²) in [5.74, 6) is 0.659. The van der Waals surface area contributed by atoms with Crippen LogP contribution in [0.5, 0.6) is 5.75 Å². The van der Waals surface area contributed by atoms with Gasteiger partial charge in [0.2, 0.25) is 10.0 Å². The van der Waals surface area contributed by atoms with Crippen LogP contribution in [-0.2, 0) is 10.0 Å². The molecule has 0 heterocycles. The van der Waals surface area contributed by atoms with Gasteiger partial charge >= 0.3 is 0 Å². The Labute approximate surface area is 214 Å². The second-order valence-electron chi connectivity index (χ2n) is 8.94. The summed E-state index contributed by atoms with van der Waals surface area (Å²) in [6, 6.07) is 30.5. The largest absolute Gasteiger partial charge is 0.497 e. The lowest BCUT2D eigenvalue weighted by molar-refractivity contribution is 0.414. The van der Waals surface area contributed by atoms with Crippen molar-refractivity contribution in [2.24, 2.45) is 0 Å². The SMILES string of the molecule is COc1cccc(C(NS(=O)(=O)c2c(C)cc(C)cc2C)/C(=C/c2ccccc2)c2ccccc2)c1. The van der Waals surface area contributed by atoms with Crippen molar-refractivity contribution in [2.75, 3.05) is 7.11 Å². The fraction of sp³-hybridized carbons (Fsp3) is 0.161. The van der Waals surface area contributed by atoms with Gasteiger partial charge in [0.25, 0.3) is 0 Å². The zero-order valence-electron chi connectivity index (χ0n) is 21.0. The lowest BCUT2D eigenvalue weighted by Crippen LogP contribution is -2.30. The Morgan fingerprint density at radius 3 is 2.03 bits per heavy atom. The van der Waals surface area contributed by atoms with E-state index in [9.17, 15) is 8.42 Å². The fourth-order valence-corrected chi connectivity index (χ4v) is 6.29. The highest BCUT2D eigenvalue weighted by Crippen LogP contribution is 2.35. The normalized spacial score (nSPS) is 12.8. The van der Waals surface area contributed by atoms with Crippen LogP contribution < -0.4 is 9.46 Å². The molecule has 36 heavy (non-hydrogen) atoms. The Morgan fingerprint density at radius 2 is 1.42 bits per heavy atom. The molecule has 0 fully saturated rings. The molecule has 0 radical (unpaired) electrons. The Kier molecular flexibility index (Phi) is 7.73. The zero-order chi connectivity index (χ0) is 25.7. The number of hydrogen-bond acceptors (Lipinski definition) is 3. The molecule has 4 aromatic carbocycles. The molecule has 0 aliphatic heterocycles. The van der Waals surface area contributed by atoms with E-state index >= 15 is 0 Å². The molecule has 4 nitrogen and oxygen atoms in total. The second-order valence-corrected chi connectivity index (χ2v) is 10.6. The van der Waals surface area contributed by atoms with Gasteiger partial charge in [0, 0.05) is 0 Å². The molecule has 1 atom stereocenters. The first-order chi connectivity index (χ1) is 17.3. The number of sulfonamides is 1. The molecule has 0 aliphatic rings. The van der Waals surface area contributed by atoms with Gasteiger partial charge in [-0.25, -0.2) is 8.42 Å². The van der Waals surface area contributed by atoms with Crippen LogP contribution in [0.3, 0.4) is 0 Å². The standard InChI is InChI=1S/C31H31NO3S/c1-22-18-23(2)31(24(3)19-22)36(33,34)32-30(27-16-11-17-28(21-27)35-4)29(26-14-9-6-10-15-26)20-25-12-7-5-8-13-25/h5-21,30,32H,1-4H3/b29-20+. The Hall–Kier alpha value is -3.67. The molecule has 0 saturated heterocycles. The molecule has 0 amide bonds. The van der Waals surface area contributed by atoms with E-state index in [2.05, 4.69) is 4.72 Å². The van der Waals surface area contributed by atoms with Gasteiger partial charge < -0.3 is 4.74 Å². The number of rotatable bonds is 8. The van der Waals surface area contributed by atoms with Crippen molar-refractivity contribution < 1.29 is 13.2 Å². The molecule has 0 saturated carbocycles. The van der Waals surface area contributed by atoms with Gasteiger partial charge in [-0.05, 0) is 72.4 Å². The highest BCUT2D eigenvalue weighted by Gasteiger charge is 2.28. The molecule has 0 aliphatic carbocycles. The van der Waals surface area contributed by atoms with Crippen LogP contribution in [0.15, 0.2) is 102 Å². The minimum absolute atomic E-state index is 0.313. The first kappa shape index (κ1) is 25.4. The minimum atomic E-state index is -3.88. The molecule has 1 unspecified atom stereocenters. The average Bonchev–Trinajstić information content (AvgIpc) is 2.86. The van der Waals surface area contributed by atoms with Crippen LogP contribution in [0.25, 0.3) is 11.6 Å². The Morgan fingerprint density at radius 1 is 0.806 bits per heavy atom. The zero-order valence-corrected chi connectivity index (χ0v) is 21.8. The molecule has 0 spiro atoms. The summed E-state index contributed by atoms with van der Waals surface area (Å²) in [4.78, 5) is 0.313. The van der Waals surface area contributed by atoms with Crippen LogP contribution in [0.1, 0.15) is 39.4 Å². The van der Waals surface area contributed by atoms with Crippen molar-refractivity contribution in [3.05, 3.63) is 130 Å². The molecule has 4 rings (SSSR count). The molecule has 0 aromatic heterocycles. The van der Waals surface area contributed by atoms with Gasteiger partial charge in [-0.15, -0.1) is 0 Å². The summed E-state index contributed by atoms with van der Waals surface area (Å²) in [6.07, 6.45) is 2.04. The Balaban J connectivity index is 1.93. The van der Waals surface area contributed by atoms with Crippen molar-refractivity contribution >= 4 is 21.7 Å². The maximum Gasteiger partial charge on any atom is 0.241 e. The first-order valence-corrected chi connectivity index (χ1v) is 13.3. The number of hydrogen-bond donors (Lipinski definition) is 1. The second kappa shape index (κ2) is 10.9. The van der Waals surface area contributed by atoms with Gasteiger partial charge in [0.15, 0.2) is 0 Å². The van der Waals surface area contributed by atoms with E-state index < -0.39 is 16.1 Å². The van der Waals surface area contributed by atoms with E-state index in [0.717, 1.165) is 39.0 Å². The van der Waals surface area contributed by atoms with Gasteiger partial charge in [0.1, 0.15) is 5.75 Å². The van der Waals surface area contributed by atoms with E-state index in [-0.39, 0.29) is 0 Å². The van der Waals surface area contributed by atoms with Crippen molar-refractivity contribution in [1.29, 1.82) is 0 Å². The maximum atomic E-state index is 13.9. The summed E-state index contributed by atoms with van der Waals surface area (Å²) < 4.78 is 36.4. The molecular formula is C31H31NO3S. The van der Waals surface area contributed by atoms with Crippen molar-refractivity contribution in [2.45, 2.75) is 31.7 Å². The van der Waals surface area contributed by atoms with Crippen LogP contribution in [0.4, 0.5) is 0 Å². The van der Waals surface area contributed by atoms with E-state index in [1.165, 1.54) is 0 Å². The molecule has 4 aromatic rings. The summed E-state index contributed by atoms with van der Waals surface area (Å²) in [7, 11) is -2.28. The molecule has 184 valence electrons. The third-order valence-corrected chi connectivity index (χ3v) is 7.84. The van der Waals surface area contributed by atoms with Crippen LogP contribution in [0, 0.1) is 20.8 Å². The van der Waals surface area contributed by atoms with Crippen LogP contribution in [-0.4, -0.2) is 15.5 Å². The van der Waals surface area contributed by atoms with Crippen molar-refractivity contribution in [1.82, 2.24) is 4.72 Å². The summed E-state index contributed by atoms with van der Waals surface area (Å²) in [6.45, 7) is 5.65. The monoisotopic (exact) mass is 497 g/mol. The van der Waals surface area contributed by atoms with E-state index in [4.69, 9.17) is 4.74 Å². The highest BCUT2D eigenvalue weighted by molar-refractivity contribution is 7.89. The number of aryl methyl sites for hydroxylation is 3. The van der Waals surface area contributed by atoms with Gasteiger partial charge in [-0.2, -0.15) is 4.72 Å². The lowest BCUT2D eigenvalue weighted by Gasteiger charge is -2.25. The van der Waals surface area contributed by atoms with Crippen molar-refractivity contribution in [3.63, 3.8) is 0 Å². The summed E-state index contributed by atoms with van der Waals surface area (Å²) >= 11 is 0. The highest BCUT2D eigenvalue weighted by atomic mass is 32.2. The minimum Gasteiger partial charge on any atom is -0.497 e. The third kappa shape index (κ3) is 5.76. The topological polar surface area (TPSA) is 55.4 Å². The fourth-order valence-electron chi connectivity index (χ4n) is 4.63. The molecule has 1 N–H and O–H groups in total. The molecule has 5 heteroatoms. The van der Waals surface area contributed by atoms with Gasteiger partial charge in [-0.1, -0.05) is 90.5 Å². The number of nitrogens with one attached hydrogen (secondary N) is 1. The quantitative estimate of drug-likeness (QED) is 0.270. The predicted molar refractivity (Wildman–Crippen MR) is 147 cm³/mol. The number of ether oxygens (including phenoxy) is 1. The van der Waals surface area contributed by atoms with E-state index in [1.54, 1.807) is 7.11 Å². The van der Waals surface area contributed by atoms with E-state index in [0.29, 0.717) is 10.6 Å². The first-order valence-electron chi connectivity index (χ1n) is 11.8. The molecule has 0 bridgehead atoms. The molecular weight excluding hydrogens is 466 g/mol. The van der Waals surface area contributed by atoms with Gasteiger partial charge in [-0.3, -0.25) is 0 Å². The summed E-state index contributed by atoms with van der Waals surface area (Å²) in [5, 5.41) is 0. The third-order valence-electron chi connectivity index (χ3n) is 6.11. The average molecular weight is 498 g/mol. The lowest BCUT2D eigenvalue weighted by atomic mass is 9.91. The maximum absolute atomic E-state index is 13.9. The smallest absolute Gasteiger partial charge is 0.241 e. The van der Waals surface area contributed by atoms with Crippen LogP contribution in [0.2, 0.25) is 0 Å². The van der Waals surface area contributed by atoms with E-state index in [1.807, 2.05) is 124 Å². The summed E-state index contributed by atoms with van der Waals surface area (Å²) in [5.41, 5.74) is 5.99. The van der Waals surface area contributed by atoms with Crippen LogP contribution >= 0.6 is 0 Å². The number of benzene rings is 4. The number of methoxy groups -OCH3 is 1. The predicted octanol–water partition coefficient (Wildman–Crippen LogP) is 6.88. The van der Waals surface area contributed by atoms with Crippen molar-refractivity contribution in [3.8, 4) is 5.75 Å². The Bertz CT molecular complexity index is 1450. The van der Waals surface area contributed by atoms with Gasteiger partial charge in [0.05, 0.1) is 18.0 Å².